The second-order valence-corrected chi connectivity index (χ2v) is 5.56. The molecule has 0 aliphatic heterocycles. The van der Waals surface area contributed by atoms with Crippen molar-refractivity contribution in [1.82, 2.24) is 5.32 Å². The zero-order valence-electron chi connectivity index (χ0n) is 12.3. The maximum Gasteiger partial charge on any atom is 0.264 e. The highest BCUT2D eigenvalue weighted by molar-refractivity contribution is 7.80. The quantitative estimate of drug-likeness (QED) is 0.583. The first kappa shape index (κ1) is 17.1. The second-order valence-electron chi connectivity index (χ2n) is 4.72. The summed E-state index contributed by atoms with van der Waals surface area (Å²) in [5, 5.41) is 15.5. The predicted octanol–water partition coefficient (Wildman–Crippen LogP) is 3.25. The standard InChI is InChI=1S/C16H15ClN2O3S/c1-10-8-11(17)6-7-14(10)22-9-15(21)19-16(23)18-12-4-2-3-5-13(12)20/h2-8,20H,9H2,1H3,(H2,18,19,21,23). The Labute approximate surface area is 144 Å². The predicted molar refractivity (Wildman–Crippen MR) is 94.2 cm³/mol. The van der Waals surface area contributed by atoms with E-state index in [4.69, 9.17) is 28.6 Å². The van der Waals surface area contributed by atoms with Gasteiger partial charge in [0.25, 0.3) is 5.91 Å². The largest absolute Gasteiger partial charge is 0.506 e. The number of rotatable bonds is 4. The van der Waals surface area contributed by atoms with Crippen molar-refractivity contribution >= 4 is 40.5 Å². The van der Waals surface area contributed by atoms with Gasteiger partial charge in [0, 0.05) is 5.02 Å². The summed E-state index contributed by atoms with van der Waals surface area (Å²) >= 11 is 10.9. The highest BCUT2D eigenvalue weighted by Crippen LogP contribution is 2.22. The molecule has 0 heterocycles. The molecule has 0 radical (unpaired) electrons. The molecule has 3 N–H and O–H groups in total. The fraction of sp³-hybridized carbons (Fsp3) is 0.125. The molecule has 0 spiro atoms. The molecule has 5 nitrogen and oxygen atoms in total. The Bertz CT molecular complexity index is 737. The van der Waals surface area contributed by atoms with Crippen LogP contribution in [-0.4, -0.2) is 22.7 Å². The number of thiocarbonyl (C=S) groups is 1. The molecule has 0 saturated carbocycles. The number of nitrogens with one attached hydrogen (secondary N) is 2. The summed E-state index contributed by atoms with van der Waals surface area (Å²) in [4.78, 5) is 11.8. The van der Waals surface area contributed by atoms with Crippen LogP contribution < -0.4 is 15.4 Å². The maximum absolute atomic E-state index is 11.8. The van der Waals surface area contributed by atoms with Crippen molar-refractivity contribution < 1.29 is 14.6 Å². The van der Waals surface area contributed by atoms with Crippen molar-refractivity contribution in [1.29, 1.82) is 0 Å². The van der Waals surface area contributed by atoms with Gasteiger partial charge in [-0.3, -0.25) is 10.1 Å². The summed E-state index contributed by atoms with van der Waals surface area (Å²) in [6.07, 6.45) is 0. The molecular formula is C16H15ClN2O3S. The van der Waals surface area contributed by atoms with Crippen LogP contribution in [0.3, 0.4) is 0 Å². The maximum atomic E-state index is 11.8. The number of benzene rings is 2. The molecule has 0 aromatic heterocycles. The molecule has 120 valence electrons. The van der Waals surface area contributed by atoms with Gasteiger partial charge in [0.2, 0.25) is 0 Å². The number of hydrogen-bond acceptors (Lipinski definition) is 4. The third kappa shape index (κ3) is 5.12. The lowest BCUT2D eigenvalue weighted by atomic mass is 10.2. The van der Waals surface area contributed by atoms with E-state index in [9.17, 15) is 9.90 Å². The van der Waals surface area contributed by atoms with Gasteiger partial charge in [-0.2, -0.15) is 0 Å². The van der Waals surface area contributed by atoms with Crippen molar-refractivity contribution in [2.45, 2.75) is 6.92 Å². The molecule has 0 unspecified atom stereocenters. The lowest BCUT2D eigenvalue weighted by Gasteiger charge is -2.12. The van der Waals surface area contributed by atoms with Gasteiger partial charge in [0.1, 0.15) is 11.5 Å². The van der Waals surface area contributed by atoms with E-state index in [1.165, 1.54) is 6.07 Å². The zero-order valence-corrected chi connectivity index (χ0v) is 13.9. The normalized spacial score (nSPS) is 10.0. The number of para-hydroxylation sites is 2. The Balaban J connectivity index is 1.85. The van der Waals surface area contributed by atoms with Crippen LogP contribution in [0.1, 0.15) is 5.56 Å². The number of ether oxygens (including phenoxy) is 1. The molecule has 2 aromatic rings. The summed E-state index contributed by atoms with van der Waals surface area (Å²) in [5.74, 6) is 0.202. The molecule has 23 heavy (non-hydrogen) atoms. The van der Waals surface area contributed by atoms with Gasteiger partial charge >= 0.3 is 0 Å². The van der Waals surface area contributed by atoms with Crippen LogP contribution in [0.2, 0.25) is 5.02 Å². The molecule has 1 amide bonds. The van der Waals surface area contributed by atoms with Gasteiger partial charge in [0.05, 0.1) is 5.69 Å². The lowest BCUT2D eigenvalue weighted by molar-refractivity contribution is -0.121. The number of carbonyl (C=O) groups excluding carboxylic acids is 1. The highest BCUT2D eigenvalue weighted by atomic mass is 35.5. The number of hydrogen-bond donors (Lipinski definition) is 3. The Morgan fingerprint density at radius 3 is 2.74 bits per heavy atom. The number of carbonyl (C=O) groups is 1. The molecule has 0 bridgehead atoms. The van der Waals surface area contributed by atoms with E-state index in [1.807, 2.05) is 6.92 Å². The van der Waals surface area contributed by atoms with E-state index < -0.39 is 5.91 Å². The van der Waals surface area contributed by atoms with Crippen LogP contribution in [-0.2, 0) is 4.79 Å². The Morgan fingerprint density at radius 1 is 1.30 bits per heavy atom. The molecule has 2 aromatic carbocycles. The first-order valence-electron chi connectivity index (χ1n) is 6.73. The van der Waals surface area contributed by atoms with E-state index >= 15 is 0 Å². The minimum absolute atomic E-state index is 0.0390. The Hall–Kier alpha value is -2.31. The molecule has 0 fully saturated rings. The summed E-state index contributed by atoms with van der Waals surface area (Å²) in [6.45, 7) is 1.65. The van der Waals surface area contributed by atoms with E-state index in [2.05, 4.69) is 10.6 Å². The van der Waals surface area contributed by atoms with Crippen LogP contribution >= 0.6 is 23.8 Å². The van der Waals surface area contributed by atoms with Crippen LogP contribution in [0.15, 0.2) is 42.5 Å². The average Bonchev–Trinajstić information content (AvgIpc) is 2.48. The van der Waals surface area contributed by atoms with Gasteiger partial charge in [-0.25, -0.2) is 0 Å². The first-order valence-corrected chi connectivity index (χ1v) is 7.52. The third-order valence-electron chi connectivity index (χ3n) is 2.90. The first-order chi connectivity index (χ1) is 11.0. The van der Waals surface area contributed by atoms with Gasteiger partial charge in [-0.15, -0.1) is 0 Å². The number of phenolic OH excluding ortho intramolecular Hbond substituents is 1. The van der Waals surface area contributed by atoms with E-state index in [0.717, 1.165) is 5.56 Å². The van der Waals surface area contributed by atoms with E-state index in [0.29, 0.717) is 16.5 Å². The van der Waals surface area contributed by atoms with Crippen molar-refractivity contribution in [3.05, 3.63) is 53.1 Å². The van der Waals surface area contributed by atoms with Crippen LogP contribution in [0.4, 0.5) is 5.69 Å². The van der Waals surface area contributed by atoms with E-state index in [-0.39, 0.29) is 17.5 Å². The minimum Gasteiger partial charge on any atom is -0.506 e. The lowest BCUT2D eigenvalue weighted by Crippen LogP contribution is -2.37. The number of aryl methyl sites for hydroxylation is 1. The van der Waals surface area contributed by atoms with Gasteiger partial charge in [0.15, 0.2) is 11.7 Å². The van der Waals surface area contributed by atoms with Crippen molar-refractivity contribution in [2.24, 2.45) is 0 Å². The molecular weight excluding hydrogens is 336 g/mol. The van der Waals surface area contributed by atoms with E-state index in [1.54, 1.807) is 36.4 Å². The number of amides is 1. The second kappa shape index (κ2) is 7.80. The fourth-order valence-corrected chi connectivity index (χ4v) is 2.26. The van der Waals surface area contributed by atoms with Crippen molar-refractivity contribution in [2.75, 3.05) is 11.9 Å². The van der Waals surface area contributed by atoms with Crippen molar-refractivity contribution in [3.8, 4) is 11.5 Å². The summed E-state index contributed by atoms with van der Waals surface area (Å²) in [6, 6.07) is 11.7. The molecule has 0 aliphatic rings. The summed E-state index contributed by atoms with van der Waals surface area (Å²) in [7, 11) is 0. The topological polar surface area (TPSA) is 70.6 Å². The van der Waals surface area contributed by atoms with Gasteiger partial charge < -0.3 is 15.2 Å². The number of phenols is 1. The Kier molecular flexibility index (Phi) is 5.78. The third-order valence-corrected chi connectivity index (χ3v) is 3.34. The molecule has 2 rings (SSSR count). The molecule has 0 saturated heterocycles. The minimum atomic E-state index is -0.410. The number of aromatic hydroxyl groups is 1. The van der Waals surface area contributed by atoms with Crippen LogP contribution in [0, 0.1) is 6.92 Å². The summed E-state index contributed by atoms with van der Waals surface area (Å²) < 4.78 is 5.42. The fourth-order valence-electron chi connectivity index (χ4n) is 1.81. The molecule has 0 atom stereocenters. The number of halogens is 1. The number of anilines is 1. The van der Waals surface area contributed by atoms with Gasteiger partial charge in [-0.05, 0) is 55.0 Å². The van der Waals surface area contributed by atoms with Crippen molar-refractivity contribution in [3.63, 3.8) is 0 Å². The average molecular weight is 351 g/mol. The zero-order chi connectivity index (χ0) is 16.8. The molecule has 7 heteroatoms. The van der Waals surface area contributed by atoms with Crippen LogP contribution in [0.5, 0.6) is 11.5 Å². The monoisotopic (exact) mass is 350 g/mol. The SMILES string of the molecule is Cc1cc(Cl)ccc1OCC(=O)NC(=S)Nc1ccccc1O. The molecule has 0 aliphatic carbocycles. The summed E-state index contributed by atoms with van der Waals surface area (Å²) in [5.41, 5.74) is 1.24. The smallest absolute Gasteiger partial charge is 0.264 e. The Morgan fingerprint density at radius 2 is 2.04 bits per heavy atom. The van der Waals surface area contributed by atoms with Crippen LogP contribution in [0.25, 0.3) is 0 Å². The highest BCUT2D eigenvalue weighted by Gasteiger charge is 2.09. The van der Waals surface area contributed by atoms with Gasteiger partial charge in [-0.1, -0.05) is 23.7 Å².